The maximum Gasteiger partial charge on any atom is 0.427 e. The second kappa shape index (κ2) is 12.1. The number of hydrogen-bond acceptors (Lipinski definition) is 7. The molecule has 0 saturated heterocycles. The molecule has 11 nitrogen and oxygen atoms in total. The normalized spacial score (nSPS) is 17.2. The Morgan fingerprint density at radius 3 is 2.59 bits per heavy atom. The summed E-state index contributed by atoms with van der Waals surface area (Å²) < 4.78 is 94.5. The number of aryl methyl sites for hydroxylation is 1. The first-order valence-electron chi connectivity index (χ1n) is 12.3. The van der Waals surface area contributed by atoms with Crippen LogP contribution in [-0.4, -0.2) is 59.2 Å². The number of amides is 1. The van der Waals surface area contributed by atoms with Crippen LogP contribution < -0.4 is 19.1 Å². The van der Waals surface area contributed by atoms with Gasteiger partial charge in [0.1, 0.15) is 27.7 Å². The molecule has 17 heteroatoms. The van der Waals surface area contributed by atoms with Crippen LogP contribution in [0.5, 0.6) is 5.75 Å². The van der Waals surface area contributed by atoms with Gasteiger partial charge in [-0.1, -0.05) is 25.1 Å². The van der Waals surface area contributed by atoms with Crippen LogP contribution in [0.25, 0.3) is 0 Å². The predicted molar refractivity (Wildman–Crippen MR) is 149 cm³/mol. The largest absolute Gasteiger partial charge is 0.486 e. The average molecular weight is 642 g/mol. The number of allylic oxidation sites excluding steroid dienone is 1. The van der Waals surface area contributed by atoms with Gasteiger partial charge in [-0.15, -0.1) is 0 Å². The summed E-state index contributed by atoms with van der Waals surface area (Å²) in [5.74, 6) is -0.141. The first-order chi connectivity index (χ1) is 18.9. The molecule has 2 heterocycles. The average Bonchev–Trinajstić information content (AvgIpc) is 3.23. The number of sulfonamides is 1. The Hall–Kier alpha value is -2.98. The van der Waals surface area contributed by atoms with Crippen molar-refractivity contribution in [2.45, 2.75) is 63.4 Å². The summed E-state index contributed by atoms with van der Waals surface area (Å²) >= 11 is 6.18. The van der Waals surface area contributed by atoms with Crippen LogP contribution in [-0.2, 0) is 32.3 Å². The van der Waals surface area contributed by atoms with E-state index in [0.29, 0.717) is 26.1 Å². The van der Waals surface area contributed by atoms with E-state index < -0.39 is 45.0 Å². The third-order valence-electron chi connectivity index (χ3n) is 6.23. The van der Waals surface area contributed by atoms with Crippen molar-refractivity contribution < 1.29 is 40.1 Å². The van der Waals surface area contributed by atoms with Crippen molar-refractivity contribution in [3.05, 3.63) is 41.8 Å². The van der Waals surface area contributed by atoms with Gasteiger partial charge in [0.05, 0.1) is 12.2 Å². The van der Waals surface area contributed by atoms with Crippen LogP contribution in [0.2, 0.25) is 5.15 Å². The van der Waals surface area contributed by atoms with Gasteiger partial charge in [0.25, 0.3) is 10.0 Å². The molecule has 1 unspecified atom stereocenters. The Balaban J connectivity index is 1.98. The molecule has 0 radical (unpaired) electrons. The highest BCUT2D eigenvalue weighted by Crippen LogP contribution is 2.41. The molecule has 0 saturated carbocycles. The summed E-state index contributed by atoms with van der Waals surface area (Å²) in [6, 6.07) is 3.96. The number of rotatable bonds is 10. The van der Waals surface area contributed by atoms with Crippen molar-refractivity contribution in [1.29, 1.82) is 0 Å². The first kappa shape index (κ1) is 32.5. The van der Waals surface area contributed by atoms with Crippen molar-refractivity contribution in [3.63, 3.8) is 0 Å². The van der Waals surface area contributed by atoms with Crippen LogP contribution in [0.1, 0.15) is 34.1 Å². The van der Waals surface area contributed by atoms with Crippen molar-refractivity contribution in [3.8, 4) is 5.75 Å². The third kappa shape index (κ3) is 7.46. The Morgan fingerprint density at radius 2 is 2.02 bits per heavy atom. The van der Waals surface area contributed by atoms with E-state index in [2.05, 4.69) is 26.5 Å². The molecule has 3 atom stereocenters. The van der Waals surface area contributed by atoms with Crippen LogP contribution in [0.4, 0.5) is 29.3 Å². The van der Waals surface area contributed by atoms with Gasteiger partial charge in [-0.25, -0.2) is 17.4 Å². The highest BCUT2D eigenvalue weighted by Gasteiger charge is 2.51. The predicted octanol–water partition coefficient (Wildman–Crippen LogP) is 4.83. The van der Waals surface area contributed by atoms with Gasteiger partial charge in [0.15, 0.2) is 5.15 Å². The monoisotopic (exact) mass is 641 g/mol. The van der Waals surface area contributed by atoms with Crippen LogP contribution >= 0.6 is 11.6 Å². The maximum absolute atomic E-state index is 13.9. The first-order valence-corrected chi connectivity index (χ1v) is 15.6. The van der Waals surface area contributed by atoms with Gasteiger partial charge in [-0.3, -0.25) is 14.3 Å². The van der Waals surface area contributed by atoms with E-state index in [-0.39, 0.29) is 46.1 Å². The van der Waals surface area contributed by atoms with Crippen LogP contribution in [0.3, 0.4) is 0 Å². The Kier molecular flexibility index (Phi) is 9.60. The minimum absolute atomic E-state index is 0.00807. The van der Waals surface area contributed by atoms with Crippen molar-refractivity contribution in [2.24, 2.45) is 5.92 Å². The summed E-state index contributed by atoms with van der Waals surface area (Å²) in [5.41, 5.74) is -2.33. The van der Waals surface area contributed by atoms with Crippen LogP contribution in [0.15, 0.2) is 41.6 Å². The summed E-state index contributed by atoms with van der Waals surface area (Å²) in [4.78, 5) is 12.0. The van der Waals surface area contributed by atoms with E-state index in [4.69, 9.17) is 16.3 Å². The molecule has 2 N–H and O–H groups in total. The van der Waals surface area contributed by atoms with Gasteiger partial charge >= 0.3 is 12.3 Å². The lowest BCUT2D eigenvalue weighted by Crippen LogP contribution is -2.45. The molecule has 0 fully saturated rings. The van der Waals surface area contributed by atoms with Crippen molar-refractivity contribution in [1.82, 2.24) is 14.5 Å². The molecule has 1 aromatic carbocycles. The minimum Gasteiger partial charge on any atom is -0.486 e. The van der Waals surface area contributed by atoms with Gasteiger partial charge in [-0.05, 0) is 51.3 Å². The maximum atomic E-state index is 13.9. The number of hydrogen-bond donors (Lipinski definition) is 2. The van der Waals surface area contributed by atoms with E-state index in [0.717, 1.165) is 4.31 Å². The molecule has 1 aliphatic heterocycles. The number of anilines is 2. The number of fused-ring (bicyclic) bond motifs is 1. The molecule has 41 heavy (non-hydrogen) atoms. The summed E-state index contributed by atoms with van der Waals surface area (Å²) in [6.07, 6.45) is -3.88. The lowest BCUT2D eigenvalue weighted by molar-refractivity contribution is -0.242. The van der Waals surface area contributed by atoms with Gasteiger partial charge < -0.3 is 14.2 Å². The summed E-state index contributed by atoms with van der Waals surface area (Å²) in [5, 5.41) is 5.96. The number of nitrogens with one attached hydrogen (secondary N) is 2. The van der Waals surface area contributed by atoms with Gasteiger partial charge in [-0.2, -0.15) is 18.3 Å². The number of carbonyl (C=O) groups is 1. The fourth-order valence-corrected chi connectivity index (χ4v) is 6.35. The SMILES string of the molecule is C=C(NS(C)=O)[C@@H](C)C[C@H]1CN(S(=O)(=O)c2cn(CC)nc2Cl)c2cc(NC(=O)OC(C)(C)C(F)(F)F)ccc2O1. The minimum atomic E-state index is -4.82. The van der Waals surface area contributed by atoms with E-state index in [9.17, 15) is 30.6 Å². The Morgan fingerprint density at radius 1 is 1.37 bits per heavy atom. The van der Waals surface area contributed by atoms with E-state index in [1.165, 1.54) is 35.3 Å². The zero-order valence-corrected chi connectivity index (χ0v) is 25.3. The quantitative estimate of drug-likeness (QED) is 0.380. The number of aromatic nitrogens is 2. The molecular formula is C24H31ClF3N5O6S2. The van der Waals surface area contributed by atoms with E-state index >= 15 is 0 Å². The molecule has 3 rings (SSSR count). The molecule has 1 aliphatic rings. The second-order valence-electron chi connectivity index (χ2n) is 9.84. The van der Waals surface area contributed by atoms with Crippen molar-refractivity contribution in [2.75, 3.05) is 22.4 Å². The number of benzene rings is 1. The highest BCUT2D eigenvalue weighted by molar-refractivity contribution is 7.93. The Bertz CT molecular complexity index is 1450. The molecular weight excluding hydrogens is 611 g/mol. The zero-order valence-electron chi connectivity index (χ0n) is 22.9. The smallest absolute Gasteiger partial charge is 0.427 e. The molecule has 228 valence electrons. The molecule has 0 spiro atoms. The fraction of sp³-hybridized carbons (Fsp3) is 0.500. The van der Waals surface area contributed by atoms with Crippen molar-refractivity contribution >= 4 is 50.1 Å². The zero-order chi connectivity index (χ0) is 30.9. The second-order valence-corrected chi connectivity index (χ2v) is 13.1. The summed E-state index contributed by atoms with van der Waals surface area (Å²) in [6.45, 7) is 9.01. The number of nitrogens with zero attached hydrogens (tertiary/aromatic N) is 3. The lowest BCUT2D eigenvalue weighted by atomic mass is 10.00. The number of ether oxygens (including phenoxy) is 2. The van der Waals surface area contributed by atoms with Crippen LogP contribution in [0, 0.1) is 5.92 Å². The Labute approximate surface area is 243 Å². The van der Waals surface area contributed by atoms with E-state index in [1.54, 1.807) is 6.92 Å². The molecule has 1 amide bonds. The third-order valence-corrected chi connectivity index (χ3v) is 8.95. The molecule has 1 aromatic heterocycles. The standard InChI is InChI=1S/C24H31ClF3N5O6S2/c1-7-32-13-20(21(25)30-32)41(36,37)33-12-17(10-14(2)15(3)31-40(6)35)38-19-9-8-16(11-18(19)33)29-22(34)39-23(4,5)24(26,27)28/h8-9,11,13-14,17,31H,3,7,10,12H2,1-2,4-6H3,(H,29,34)/t14-,17-,40?/m0/s1. The molecule has 0 bridgehead atoms. The number of halogens is 4. The van der Waals surface area contributed by atoms with Gasteiger partial charge in [0.2, 0.25) is 5.60 Å². The summed E-state index contributed by atoms with van der Waals surface area (Å²) in [7, 11) is -5.69. The highest BCUT2D eigenvalue weighted by atomic mass is 35.5. The van der Waals surface area contributed by atoms with E-state index in [1.807, 2.05) is 6.92 Å². The number of alkyl halides is 3. The van der Waals surface area contributed by atoms with Gasteiger partial charge in [0, 0.05) is 30.4 Å². The number of carbonyl (C=O) groups excluding carboxylic acids is 1. The lowest BCUT2D eigenvalue weighted by Gasteiger charge is -2.36. The molecule has 2 aromatic rings. The fourth-order valence-electron chi connectivity index (χ4n) is 3.83. The topological polar surface area (TPSA) is 132 Å². The molecule has 0 aliphatic carbocycles.